The van der Waals surface area contributed by atoms with Crippen LogP contribution in [0.4, 0.5) is 0 Å². The molecule has 1 amide bonds. The Bertz CT molecular complexity index is 243. The lowest BCUT2D eigenvalue weighted by Crippen LogP contribution is -2.41. The fourth-order valence-electron chi connectivity index (χ4n) is 2.79. The topological polar surface area (TPSA) is 49.3 Å². The van der Waals surface area contributed by atoms with Crippen molar-refractivity contribution in [3.63, 3.8) is 0 Å². The average molecular weight is 241 g/mol. The first-order valence-corrected chi connectivity index (χ1v) is 6.88. The number of aliphatic hydroxyl groups is 1. The SMILES string of the molecule is CC(C)CC(C)(O)CNC(=O)CC1CCCC1. The molecule has 0 radical (unpaired) electrons. The lowest BCUT2D eigenvalue weighted by atomic mass is 9.94. The van der Waals surface area contributed by atoms with Crippen LogP contribution in [0.5, 0.6) is 0 Å². The molecular formula is C14H27NO2. The van der Waals surface area contributed by atoms with Gasteiger partial charge < -0.3 is 10.4 Å². The van der Waals surface area contributed by atoms with Gasteiger partial charge in [-0.3, -0.25) is 4.79 Å². The maximum absolute atomic E-state index is 11.7. The third-order valence-electron chi connectivity index (χ3n) is 3.46. The third-order valence-corrected chi connectivity index (χ3v) is 3.46. The monoisotopic (exact) mass is 241 g/mol. The lowest BCUT2D eigenvalue weighted by Gasteiger charge is -2.25. The molecule has 0 aromatic heterocycles. The van der Waals surface area contributed by atoms with Crippen molar-refractivity contribution >= 4 is 5.91 Å². The minimum absolute atomic E-state index is 0.0981. The van der Waals surface area contributed by atoms with Gasteiger partial charge in [-0.05, 0) is 38.0 Å². The van der Waals surface area contributed by atoms with E-state index in [1.54, 1.807) is 6.92 Å². The maximum atomic E-state index is 11.7. The summed E-state index contributed by atoms with van der Waals surface area (Å²) >= 11 is 0. The second-order valence-corrected chi connectivity index (χ2v) is 6.23. The summed E-state index contributed by atoms with van der Waals surface area (Å²) in [5, 5.41) is 12.9. The second kappa shape index (κ2) is 6.39. The number of hydrogen-bond donors (Lipinski definition) is 2. The van der Waals surface area contributed by atoms with Crippen LogP contribution in [0.3, 0.4) is 0 Å². The van der Waals surface area contributed by atoms with Crippen molar-refractivity contribution in [3.05, 3.63) is 0 Å². The van der Waals surface area contributed by atoms with E-state index in [4.69, 9.17) is 0 Å². The molecule has 100 valence electrons. The van der Waals surface area contributed by atoms with E-state index in [1.807, 2.05) is 0 Å². The van der Waals surface area contributed by atoms with E-state index in [2.05, 4.69) is 19.2 Å². The molecule has 0 aromatic carbocycles. The van der Waals surface area contributed by atoms with Crippen molar-refractivity contribution in [2.75, 3.05) is 6.54 Å². The van der Waals surface area contributed by atoms with Crippen LogP contribution in [0.2, 0.25) is 0 Å². The van der Waals surface area contributed by atoms with Crippen LogP contribution in [0.25, 0.3) is 0 Å². The highest BCUT2D eigenvalue weighted by Gasteiger charge is 2.24. The standard InChI is InChI=1S/C14H27NO2/c1-11(2)9-14(3,17)10-15-13(16)8-12-6-4-5-7-12/h11-12,17H,4-10H2,1-3H3,(H,15,16). The molecule has 1 fully saturated rings. The van der Waals surface area contributed by atoms with E-state index in [1.165, 1.54) is 25.7 Å². The van der Waals surface area contributed by atoms with Crippen LogP contribution in [-0.4, -0.2) is 23.2 Å². The third kappa shape index (κ3) is 6.06. The number of carbonyl (C=O) groups excluding carboxylic acids is 1. The molecule has 2 N–H and O–H groups in total. The average Bonchev–Trinajstić information content (AvgIpc) is 2.65. The van der Waals surface area contributed by atoms with Crippen LogP contribution in [0, 0.1) is 11.8 Å². The Kier molecular flexibility index (Phi) is 5.44. The van der Waals surface area contributed by atoms with E-state index in [0.29, 0.717) is 24.8 Å². The van der Waals surface area contributed by atoms with Crippen LogP contribution in [-0.2, 0) is 4.79 Å². The van der Waals surface area contributed by atoms with Crippen LogP contribution >= 0.6 is 0 Å². The van der Waals surface area contributed by atoms with Crippen molar-refractivity contribution < 1.29 is 9.90 Å². The molecule has 0 bridgehead atoms. The zero-order valence-corrected chi connectivity index (χ0v) is 11.5. The predicted molar refractivity (Wildman–Crippen MR) is 69.7 cm³/mol. The Morgan fingerprint density at radius 1 is 1.41 bits per heavy atom. The molecule has 17 heavy (non-hydrogen) atoms. The van der Waals surface area contributed by atoms with Crippen LogP contribution in [0.15, 0.2) is 0 Å². The fourth-order valence-corrected chi connectivity index (χ4v) is 2.79. The first-order valence-electron chi connectivity index (χ1n) is 6.88. The van der Waals surface area contributed by atoms with Crippen molar-refractivity contribution in [2.45, 2.75) is 64.9 Å². The molecule has 0 heterocycles. The van der Waals surface area contributed by atoms with Crippen LogP contribution < -0.4 is 5.32 Å². The number of nitrogens with one attached hydrogen (secondary N) is 1. The minimum atomic E-state index is -0.778. The van der Waals surface area contributed by atoms with Gasteiger partial charge in [0.25, 0.3) is 0 Å². The maximum Gasteiger partial charge on any atom is 0.220 e. The smallest absolute Gasteiger partial charge is 0.220 e. The highest BCUT2D eigenvalue weighted by molar-refractivity contribution is 5.76. The molecule has 0 saturated heterocycles. The summed E-state index contributed by atoms with van der Waals surface area (Å²) in [7, 11) is 0. The Morgan fingerprint density at radius 3 is 2.53 bits per heavy atom. The molecular weight excluding hydrogens is 214 g/mol. The molecule has 1 saturated carbocycles. The normalized spacial score (nSPS) is 20.5. The molecule has 1 unspecified atom stereocenters. The molecule has 0 spiro atoms. The van der Waals surface area contributed by atoms with Gasteiger partial charge in [0.1, 0.15) is 0 Å². The summed E-state index contributed by atoms with van der Waals surface area (Å²) in [4.78, 5) is 11.7. The Labute approximate surface area is 105 Å². The van der Waals surface area contributed by atoms with E-state index >= 15 is 0 Å². The van der Waals surface area contributed by atoms with Gasteiger partial charge in [0.15, 0.2) is 0 Å². The van der Waals surface area contributed by atoms with Crippen LogP contribution in [0.1, 0.15) is 59.3 Å². The summed E-state index contributed by atoms with van der Waals surface area (Å²) in [6.07, 6.45) is 6.27. The Balaban J connectivity index is 2.22. The lowest BCUT2D eigenvalue weighted by molar-refractivity contribution is -0.123. The summed E-state index contributed by atoms with van der Waals surface area (Å²) < 4.78 is 0. The number of hydrogen-bond acceptors (Lipinski definition) is 2. The van der Waals surface area contributed by atoms with Crippen molar-refractivity contribution in [3.8, 4) is 0 Å². The summed E-state index contributed by atoms with van der Waals surface area (Å²) in [5.41, 5.74) is -0.778. The highest BCUT2D eigenvalue weighted by Crippen LogP contribution is 2.27. The molecule has 1 rings (SSSR count). The first kappa shape index (κ1) is 14.5. The quantitative estimate of drug-likeness (QED) is 0.750. The zero-order valence-electron chi connectivity index (χ0n) is 11.5. The largest absolute Gasteiger partial charge is 0.388 e. The number of carbonyl (C=O) groups is 1. The summed E-state index contributed by atoms with van der Waals surface area (Å²) in [6.45, 7) is 6.32. The van der Waals surface area contributed by atoms with E-state index < -0.39 is 5.60 Å². The zero-order chi connectivity index (χ0) is 12.9. The number of rotatable bonds is 6. The molecule has 3 heteroatoms. The Hall–Kier alpha value is -0.570. The van der Waals surface area contributed by atoms with E-state index in [9.17, 15) is 9.90 Å². The van der Waals surface area contributed by atoms with Gasteiger partial charge >= 0.3 is 0 Å². The molecule has 1 atom stereocenters. The van der Waals surface area contributed by atoms with Crippen molar-refractivity contribution in [2.24, 2.45) is 11.8 Å². The Morgan fingerprint density at radius 2 is 2.00 bits per heavy atom. The fraction of sp³-hybridized carbons (Fsp3) is 0.929. The first-order chi connectivity index (χ1) is 7.89. The predicted octanol–water partition coefficient (Wildman–Crippen LogP) is 2.48. The molecule has 0 aromatic rings. The van der Waals surface area contributed by atoms with Gasteiger partial charge in [-0.25, -0.2) is 0 Å². The van der Waals surface area contributed by atoms with Gasteiger partial charge in [-0.15, -0.1) is 0 Å². The van der Waals surface area contributed by atoms with E-state index in [-0.39, 0.29) is 5.91 Å². The van der Waals surface area contributed by atoms with Crippen molar-refractivity contribution in [1.29, 1.82) is 0 Å². The highest BCUT2D eigenvalue weighted by atomic mass is 16.3. The molecule has 1 aliphatic rings. The summed E-state index contributed by atoms with van der Waals surface area (Å²) in [5.74, 6) is 1.11. The summed E-state index contributed by atoms with van der Waals surface area (Å²) in [6, 6.07) is 0. The second-order valence-electron chi connectivity index (χ2n) is 6.23. The van der Waals surface area contributed by atoms with Gasteiger partial charge in [0, 0.05) is 13.0 Å². The molecule has 3 nitrogen and oxygen atoms in total. The minimum Gasteiger partial charge on any atom is -0.388 e. The van der Waals surface area contributed by atoms with Gasteiger partial charge in [-0.2, -0.15) is 0 Å². The van der Waals surface area contributed by atoms with Gasteiger partial charge in [-0.1, -0.05) is 26.7 Å². The van der Waals surface area contributed by atoms with Gasteiger partial charge in [0.2, 0.25) is 5.91 Å². The molecule has 1 aliphatic carbocycles. The van der Waals surface area contributed by atoms with E-state index in [0.717, 1.165) is 6.42 Å². The number of amides is 1. The van der Waals surface area contributed by atoms with Crippen molar-refractivity contribution in [1.82, 2.24) is 5.32 Å². The molecule has 0 aliphatic heterocycles. The van der Waals surface area contributed by atoms with Gasteiger partial charge in [0.05, 0.1) is 5.60 Å².